The Hall–Kier alpha value is -1.90. The monoisotopic (exact) mass is 258 g/mol. The Kier molecular flexibility index (Phi) is 4.50. The van der Waals surface area contributed by atoms with Gasteiger partial charge in [-0.25, -0.2) is 0 Å². The lowest BCUT2D eigenvalue weighted by Crippen LogP contribution is -2.52. The number of piperazine rings is 1. The maximum atomic E-state index is 12.2. The molecular formula is C14H18N4O. The number of nitriles is 1. The highest BCUT2D eigenvalue weighted by atomic mass is 16.2. The molecule has 1 saturated heterocycles. The summed E-state index contributed by atoms with van der Waals surface area (Å²) < 4.78 is 0. The number of rotatable bonds is 3. The van der Waals surface area contributed by atoms with Gasteiger partial charge in [-0.15, -0.1) is 0 Å². The van der Waals surface area contributed by atoms with Gasteiger partial charge in [-0.2, -0.15) is 5.26 Å². The second-order valence-corrected chi connectivity index (χ2v) is 4.70. The molecule has 2 rings (SSSR count). The van der Waals surface area contributed by atoms with Gasteiger partial charge in [0.25, 0.3) is 0 Å². The number of amides is 1. The quantitative estimate of drug-likeness (QED) is 0.790. The smallest absolute Gasteiger partial charge is 0.239 e. The molecule has 0 aliphatic carbocycles. The molecule has 1 fully saturated rings. The third kappa shape index (κ3) is 3.53. The highest BCUT2D eigenvalue weighted by Gasteiger charge is 2.22. The van der Waals surface area contributed by atoms with Crippen molar-refractivity contribution in [2.75, 3.05) is 26.2 Å². The van der Waals surface area contributed by atoms with E-state index in [1.54, 1.807) is 17.0 Å². The van der Waals surface area contributed by atoms with E-state index in [0.29, 0.717) is 25.1 Å². The van der Waals surface area contributed by atoms with E-state index in [1.165, 1.54) is 0 Å². The maximum Gasteiger partial charge on any atom is 0.239 e. The number of carbonyl (C=O) groups is 1. The van der Waals surface area contributed by atoms with Crippen molar-refractivity contribution in [1.82, 2.24) is 10.2 Å². The van der Waals surface area contributed by atoms with Crippen molar-refractivity contribution >= 4 is 5.91 Å². The van der Waals surface area contributed by atoms with Crippen molar-refractivity contribution in [1.29, 1.82) is 5.26 Å². The number of nitrogens with two attached hydrogens (primary N) is 1. The van der Waals surface area contributed by atoms with E-state index in [-0.39, 0.29) is 5.91 Å². The molecule has 19 heavy (non-hydrogen) atoms. The molecule has 0 saturated carbocycles. The largest absolute Gasteiger partial charge is 0.339 e. The zero-order valence-corrected chi connectivity index (χ0v) is 10.8. The van der Waals surface area contributed by atoms with Crippen molar-refractivity contribution in [3.8, 4) is 6.07 Å². The number of carbonyl (C=O) groups excluding carboxylic acids is 1. The molecule has 1 aliphatic rings. The van der Waals surface area contributed by atoms with Gasteiger partial charge < -0.3 is 16.0 Å². The molecule has 100 valence electrons. The average Bonchev–Trinajstić information content (AvgIpc) is 2.47. The van der Waals surface area contributed by atoms with Crippen LogP contribution in [0.25, 0.3) is 0 Å². The van der Waals surface area contributed by atoms with Crippen molar-refractivity contribution < 1.29 is 4.79 Å². The minimum Gasteiger partial charge on any atom is -0.339 e. The molecule has 5 heteroatoms. The highest BCUT2D eigenvalue weighted by molar-refractivity contribution is 5.82. The number of hydrogen-bond acceptors (Lipinski definition) is 4. The molecule has 0 bridgehead atoms. The van der Waals surface area contributed by atoms with Gasteiger partial charge >= 0.3 is 0 Å². The SMILES string of the molecule is N#Cc1cccc(C[C@H](N)C(=O)N2CCNCC2)c1. The van der Waals surface area contributed by atoms with Crippen molar-refractivity contribution in [3.05, 3.63) is 35.4 Å². The summed E-state index contributed by atoms with van der Waals surface area (Å²) in [7, 11) is 0. The van der Waals surface area contributed by atoms with Crippen LogP contribution in [0.3, 0.4) is 0 Å². The Bertz CT molecular complexity index is 488. The second kappa shape index (κ2) is 6.32. The summed E-state index contributed by atoms with van der Waals surface area (Å²) in [5.74, 6) is -0.0103. The van der Waals surface area contributed by atoms with Gasteiger partial charge in [-0.1, -0.05) is 12.1 Å². The summed E-state index contributed by atoms with van der Waals surface area (Å²) >= 11 is 0. The number of nitrogens with zero attached hydrogens (tertiary/aromatic N) is 2. The summed E-state index contributed by atoms with van der Waals surface area (Å²) in [5.41, 5.74) is 7.50. The third-order valence-electron chi connectivity index (χ3n) is 3.26. The summed E-state index contributed by atoms with van der Waals surface area (Å²) in [6.45, 7) is 3.07. The zero-order valence-electron chi connectivity index (χ0n) is 10.8. The summed E-state index contributed by atoms with van der Waals surface area (Å²) in [5, 5.41) is 12.0. The van der Waals surface area contributed by atoms with Gasteiger partial charge in [-0.05, 0) is 24.1 Å². The molecular weight excluding hydrogens is 240 g/mol. The molecule has 5 nitrogen and oxygen atoms in total. The van der Waals surface area contributed by atoms with Crippen LogP contribution in [0.4, 0.5) is 0 Å². The van der Waals surface area contributed by atoms with Crippen LogP contribution < -0.4 is 11.1 Å². The van der Waals surface area contributed by atoms with Gasteiger partial charge in [0.1, 0.15) is 0 Å². The molecule has 1 heterocycles. The fourth-order valence-electron chi connectivity index (χ4n) is 2.23. The van der Waals surface area contributed by atoms with Crippen LogP contribution >= 0.6 is 0 Å². The Morgan fingerprint density at radius 2 is 2.21 bits per heavy atom. The molecule has 1 aromatic rings. The average molecular weight is 258 g/mol. The summed E-state index contributed by atoms with van der Waals surface area (Å²) in [4.78, 5) is 14.0. The standard InChI is InChI=1S/C14H18N4O/c15-10-12-3-1-2-11(8-12)9-13(16)14(19)18-6-4-17-5-7-18/h1-3,8,13,17H,4-7,9,16H2/t13-/m0/s1. The van der Waals surface area contributed by atoms with Crippen LogP contribution in [0.2, 0.25) is 0 Å². The molecule has 0 spiro atoms. The first-order chi connectivity index (χ1) is 9.20. The van der Waals surface area contributed by atoms with Crippen molar-refractivity contribution in [2.45, 2.75) is 12.5 Å². The first kappa shape index (κ1) is 13.5. The topological polar surface area (TPSA) is 82.1 Å². The molecule has 1 atom stereocenters. The minimum absolute atomic E-state index is 0.0103. The van der Waals surface area contributed by atoms with Gasteiger partial charge in [0.2, 0.25) is 5.91 Å². The van der Waals surface area contributed by atoms with Gasteiger partial charge in [0.05, 0.1) is 17.7 Å². The van der Waals surface area contributed by atoms with Crippen LogP contribution in [0.15, 0.2) is 24.3 Å². The lowest BCUT2D eigenvalue weighted by molar-refractivity contribution is -0.133. The minimum atomic E-state index is -0.535. The van der Waals surface area contributed by atoms with E-state index in [0.717, 1.165) is 18.7 Å². The van der Waals surface area contributed by atoms with E-state index >= 15 is 0 Å². The second-order valence-electron chi connectivity index (χ2n) is 4.70. The maximum absolute atomic E-state index is 12.2. The Balaban J connectivity index is 1.97. The van der Waals surface area contributed by atoms with E-state index in [4.69, 9.17) is 11.0 Å². The van der Waals surface area contributed by atoms with Crippen LogP contribution in [0.5, 0.6) is 0 Å². The van der Waals surface area contributed by atoms with Crippen LogP contribution in [-0.2, 0) is 11.2 Å². The molecule has 0 aromatic heterocycles. The number of benzene rings is 1. The van der Waals surface area contributed by atoms with Crippen LogP contribution in [0, 0.1) is 11.3 Å². The molecule has 1 aliphatic heterocycles. The fourth-order valence-corrected chi connectivity index (χ4v) is 2.23. The van der Waals surface area contributed by atoms with Gasteiger partial charge in [-0.3, -0.25) is 4.79 Å². The predicted octanol–water partition coefficient (Wildman–Crippen LogP) is -0.140. The third-order valence-corrected chi connectivity index (χ3v) is 3.26. The Morgan fingerprint density at radius 1 is 1.47 bits per heavy atom. The van der Waals surface area contributed by atoms with Gasteiger partial charge in [0.15, 0.2) is 0 Å². The molecule has 1 aromatic carbocycles. The predicted molar refractivity (Wildman–Crippen MR) is 72.3 cm³/mol. The molecule has 1 amide bonds. The molecule has 0 unspecified atom stereocenters. The number of hydrogen-bond donors (Lipinski definition) is 2. The molecule has 3 N–H and O–H groups in total. The fraction of sp³-hybridized carbons (Fsp3) is 0.429. The Labute approximate surface area is 113 Å². The van der Waals surface area contributed by atoms with E-state index in [9.17, 15) is 4.79 Å². The first-order valence-corrected chi connectivity index (χ1v) is 6.45. The van der Waals surface area contributed by atoms with E-state index in [2.05, 4.69) is 11.4 Å². The normalized spacial score (nSPS) is 16.7. The van der Waals surface area contributed by atoms with Crippen molar-refractivity contribution in [3.63, 3.8) is 0 Å². The van der Waals surface area contributed by atoms with Crippen LogP contribution in [0.1, 0.15) is 11.1 Å². The first-order valence-electron chi connectivity index (χ1n) is 6.45. The van der Waals surface area contributed by atoms with Gasteiger partial charge in [0, 0.05) is 26.2 Å². The Morgan fingerprint density at radius 3 is 2.89 bits per heavy atom. The van der Waals surface area contributed by atoms with E-state index in [1.807, 2.05) is 12.1 Å². The number of nitrogens with one attached hydrogen (secondary N) is 1. The van der Waals surface area contributed by atoms with Crippen LogP contribution in [-0.4, -0.2) is 43.0 Å². The van der Waals surface area contributed by atoms with Crippen molar-refractivity contribution in [2.24, 2.45) is 5.73 Å². The zero-order chi connectivity index (χ0) is 13.7. The molecule has 0 radical (unpaired) electrons. The lowest BCUT2D eigenvalue weighted by Gasteiger charge is -2.29. The van der Waals surface area contributed by atoms with E-state index < -0.39 is 6.04 Å². The lowest BCUT2D eigenvalue weighted by atomic mass is 10.0. The summed E-state index contributed by atoms with van der Waals surface area (Å²) in [6, 6.07) is 8.79. The highest BCUT2D eigenvalue weighted by Crippen LogP contribution is 2.08. The summed E-state index contributed by atoms with van der Waals surface area (Å²) in [6.07, 6.45) is 0.471.